The second-order valence-corrected chi connectivity index (χ2v) is 3.26. The molecular weight excluding hydrogens is 225 g/mol. The second kappa shape index (κ2) is 10.1. The number of benzene rings is 1. The fourth-order valence-corrected chi connectivity index (χ4v) is 0.898. The minimum atomic E-state index is 0.164. The molecule has 1 aromatic carbocycles. The first kappa shape index (κ1) is 14.6. The number of hydrogen-bond donors (Lipinski definition) is 1. The van der Waals surface area contributed by atoms with Crippen molar-refractivity contribution >= 4 is 26.6 Å². The molecule has 0 saturated heterocycles. The van der Waals surface area contributed by atoms with Crippen LogP contribution >= 0.6 is 8.20 Å². The van der Waals surface area contributed by atoms with Crippen molar-refractivity contribution in [1.29, 1.82) is 0 Å². The molecule has 0 spiro atoms. The van der Waals surface area contributed by atoms with E-state index in [1.54, 1.807) is 12.1 Å². The third kappa shape index (κ3) is 6.17. The van der Waals surface area contributed by atoms with Gasteiger partial charge in [-0.15, -0.1) is 8.20 Å². The summed E-state index contributed by atoms with van der Waals surface area (Å²) >= 11 is 0. The van der Waals surface area contributed by atoms with Crippen LogP contribution in [-0.4, -0.2) is 33.3 Å². The van der Waals surface area contributed by atoms with Crippen molar-refractivity contribution in [1.82, 2.24) is 0 Å². The van der Waals surface area contributed by atoms with Crippen LogP contribution in [0.4, 0.5) is 5.69 Å². The lowest BCUT2D eigenvalue weighted by atomic mass is 10.3. The highest BCUT2D eigenvalue weighted by Gasteiger charge is 1.99. The summed E-state index contributed by atoms with van der Waals surface area (Å²) in [6.07, 6.45) is 4.06. The van der Waals surface area contributed by atoms with Crippen LogP contribution in [0.3, 0.4) is 0 Å². The third-order valence-electron chi connectivity index (χ3n) is 1.43. The van der Waals surface area contributed by atoms with Crippen LogP contribution in [0, 0.1) is 0 Å². The maximum Gasteiger partial charge on any atom is 0.211 e. The molecule has 1 N–H and O–H groups in total. The van der Waals surface area contributed by atoms with Gasteiger partial charge in [-0.2, -0.15) is 0 Å². The minimum Gasteiger partial charge on any atom is -0.465 e. The van der Waals surface area contributed by atoms with E-state index in [-0.39, 0.29) is 6.79 Å². The van der Waals surface area contributed by atoms with E-state index in [0.29, 0.717) is 17.8 Å². The van der Waals surface area contributed by atoms with Crippen molar-refractivity contribution in [3.05, 3.63) is 24.3 Å². The van der Waals surface area contributed by atoms with Crippen LogP contribution in [0.1, 0.15) is 0 Å². The quantitative estimate of drug-likeness (QED) is 0.488. The monoisotopic (exact) mass is 241 g/mol. The molecule has 0 radical (unpaired) electrons. The average Bonchev–Trinajstić information content (AvgIpc) is 2.29. The van der Waals surface area contributed by atoms with Crippen molar-refractivity contribution in [2.75, 3.05) is 25.9 Å². The van der Waals surface area contributed by atoms with Crippen LogP contribution < -0.4 is 10.1 Å². The van der Waals surface area contributed by atoms with E-state index in [9.17, 15) is 4.79 Å². The number of amides is 1. The van der Waals surface area contributed by atoms with Gasteiger partial charge in [0, 0.05) is 7.11 Å². The standard InChI is InChI=1S/C9H11NO3.C2H5P/c1-12-7-13-9-5-3-2-4-8(9)10-6-11;1-3-2/h2-6H,7H2,1H3,(H,10,11);1H2,2H3. The zero-order valence-corrected chi connectivity index (χ0v) is 10.4. The third-order valence-corrected chi connectivity index (χ3v) is 1.43. The van der Waals surface area contributed by atoms with Gasteiger partial charge in [0.25, 0.3) is 0 Å². The van der Waals surface area contributed by atoms with E-state index in [0.717, 1.165) is 0 Å². The number of anilines is 1. The molecule has 0 heterocycles. The Morgan fingerprint density at radius 2 is 2.12 bits per heavy atom. The Morgan fingerprint density at radius 3 is 2.69 bits per heavy atom. The molecule has 16 heavy (non-hydrogen) atoms. The number of methoxy groups -OCH3 is 1. The molecule has 0 unspecified atom stereocenters. The molecule has 0 aliphatic rings. The first-order chi connectivity index (χ1) is 7.79. The van der Waals surface area contributed by atoms with E-state index in [4.69, 9.17) is 9.47 Å². The molecule has 0 fully saturated rings. The number of para-hydroxylation sites is 2. The minimum absolute atomic E-state index is 0.164. The number of rotatable bonds is 5. The van der Waals surface area contributed by atoms with Crippen molar-refractivity contribution in [3.8, 4) is 5.75 Å². The molecule has 1 rings (SSSR count). The van der Waals surface area contributed by atoms with Crippen LogP contribution in [0.15, 0.2) is 24.3 Å². The van der Waals surface area contributed by atoms with Gasteiger partial charge in [0.2, 0.25) is 6.41 Å². The summed E-state index contributed by atoms with van der Waals surface area (Å²) < 4.78 is 9.94. The lowest BCUT2D eigenvalue weighted by Crippen LogP contribution is -2.02. The molecule has 0 aliphatic carbocycles. The Labute approximate surface area is 97.4 Å². The van der Waals surface area contributed by atoms with Gasteiger partial charge in [0.15, 0.2) is 6.79 Å². The lowest BCUT2D eigenvalue weighted by Gasteiger charge is -2.08. The second-order valence-electron chi connectivity index (χ2n) is 2.63. The molecule has 0 bridgehead atoms. The zero-order chi connectivity index (χ0) is 12.2. The predicted molar refractivity (Wildman–Crippen MR) is 68.6 cm³/mol. The van der Waals surface area contributed by atoms with Gasteiger partial charge >= 0.3 is 0 Å². The van der Waals surface area contributed by atoms with Gasteiger partial charge in [0.1, 0.15) is 5.75 Å². The Morgan fingerprint density at radius 1 is 1.50 bits per heavy atom. The normalized spacial score (nSPS) is 8.88. The fourth-order valence-electron chi connectivity index (χ4n) is 0.898. The Hall–Kier alpha value is -1.38. The molecule has 0 aromatic heterocycles. The molecule has 4 nitrogen and oxygen atoms in total. The SMILES string of the molecule is C=PC.COCOc1ccccc1NC=O. The van der Waals surface area contributed by atoms with Crippen LogP contribution in [0.2, 0.25) is 0 Å². The molecule has 0 saturated carbocycles. The summed E-state index contributed by atoms with van der Waals surface area (Å²) in [5, 5.41) is 2.52. The number of nitrogens with one attached hydrogen (secondary N) is 1. The van der Waals surface area contributed by atoms with E-state index in [1.807, 2.05) is 18.8 Å². The van der Waals surface area contributed by atoms with Gasteiger partial charge in [-0.3, -0.25) is 4.79 Å². The lowest BCUT2D eigenvalue weighted by molar-refractivity contribution is -0.105. The van der Waals surface area contributed by atoms with Crippen LogP contribution in [-0.2, 0) is 9.53 Å². The maximum atomic E-state index is 10.2. The molecule has 0 aliphatic heterocycles. The van der Waals surface area contributed by atoms with Gasteiger partial charge in [0.05, 0.1) is 5.69 Å². The largest absolute Gasteiger partial charge is 0.465 e. The Balaban J connectivity index is 0.000000673. The Bertz CT molecular complexity index is 318. The van der Waals surface area contributed by atoms with Crippen molar-refractivity contribution < 1.29 is 14.3 Å². The number of hydrogen-bond acceptors (Lipinski definition) is 3. The molecule has 1 aromatic rings. The van der Waals surface area contributed by atoms with E-state index >= 15 is 0 Å². The van der Waals surface area contributed by atoms with Crippen molar-refractivity contribution in [2.24, 2.45) is 0 Å². The maximum absolute atomic E-state index is 10.2. The van der Waals surface area contributed by atoms with Gasteiger partial charge in [-0.25, -0.2) is 0 Å². The number of ether oxygens (including phenoxy) is 2. The number of carbonyl (C=O) groups is 1. The average molecular weight is 241 g/mol. The van der Waals surface area contributed by atoms with Crippen molar-refractivity contribution in [2.45, 2.75) is 0 Å². The molecule has 0 atom stereocenters. The summed E-state index contributed by atoms with van der Waals surface area (Å²) in [6, 6.07) is 7.14. The smallest absolute Gasteiger partial charge is 0.211 e. The summed E-state index contributed by atoms with van der Waals surface area (Å²) in [5.41, 5.74) is 0.634. The van der Waals surface area contributed by atoms with Crippen molar-refractivity contribution in [3.63, 3.8) is 0 Å². The topological polar surface area (TPSA) is 47.6 Å². The molecule has 88 valence electrons. The van der Waals surface area contributed by atoms with Crippen LogP contribution in [0.25, 0.3) is 0 Å². The van der Waals surface area contributed by atoms with E-state index < -0.39 is 0 Å². The fraction of sp³-hybridized carbons (Fsp3) is 0.273. The summed E-state index contributed by atoms with van der Waals surface area (Å²) in [4.78, 5) is 10.2. The predicted octanol–water partition coefficient (Wildman–Crippen LogP) is 2.23. The summed E-state index contributed by atoms with van der Waals surface area (Å²) in [5.74, 6) is 0.594. The van der Waals surface area contributed by atoms with Gasteiger partial charge < -0.3 is 14.8 Å². The first-order valence-corrected chi connectivity index (χ1v) is 6.08. The van der Waals surface area contributed by atoms with Gasteiger partial charge in [-0.1, -0.05) is 18.4 Å². The Kier molecular flexibility index (Phi) is 9.27. The highest BCUT2D eigenvalue weighted by molar-refractivity contribution is 7.35. The molecule has 1 amide bonds. The molecule has 5 heteroatoms. The highest BCUT2D eigenvalue weighted by atomic mass is 31.1. The number of carbonyl (C=O) groups excluding carboxylic acids is 1. The van der Waals surface area contributed by atoms with E-state index in [1.165, 1.54) is 15.3 Å². The van der Waals surface area contributed by atoms with E-state index in [2.05, 4.69) is 11.6 Å². The van der Waals surface area contributed by atoms with Crippen LogP contribution in [0.5, 0.6) is 5.75 Å². The highest BCUT2D eigenvalue weighted by Crippen LogP contribution is 2.22. The zero-order valence-electron chi connectivity index (χ0n) is 9.47. The summed E-state index contributed by atoms with van der Waals surface area (Å²) in [7, 11) is 2.70. The molecular formula is C11H16NO3P. The first-order valence-electron chi connectivity index (χ1n) is 4.55. The van der Waals surface area contributed by atoms with Gasteiger partial charge in [-0.05, 0) is 18.8 Å². The summed E-state index contributed by atoms with van der Waals surface area (Å²) in [6.45, 7) is 2.15.